The third-order valence-electron chi connectivity index (χ3n) is 21.4. The summed E-state index contributed by atoms with van der Waals surface area (Å²) in [6.07, 6.45) is 0. The molecule has 0 unspecified atom stereocenters. The first-order valence-electron chi connectivity index (χ1n) is 35.9. The van der Waals surface area contributed by atoms with Crippen molar-refractivity contribution in [1.82, 2.24) is 0 Å². The number of fused-ring (bicyclic) bond motifs is 10. The lowest BCUT2D eigenvalue weighted by Gasteiger charge is -2.42. The molecule has 0 radical (unpaired) electrons. The van der Waals surface area contributed by atoms with Crippen LogP contribution in [-0.2, 0) is 10.8 Å². The number of anilines is 3. The summed E-state index contributed by atoms with van der Waals surface area (Å²) in [6, 6.07) is 124. The van der Waals surface area contributed by atoms with Crippen LogP contribution < -0.4 is 21.3 Å². The van der Waals surface area contributed by atoms with E-state index < -0.39 is 0 Å². The minimum Gasteiger partial charge on any atom is -0.456 e. The van der Waals surface area contributed by atoms with Gasteiger partial charge in [0, 0.05) is 63.2 Å². The van der Waals surface area contributed by atoms with Gasteiger partial charge >= 0.3 is 0 Å². The van der Waals surface area contributed by atoms with Crippen molar-refractivity contribution >= 4 is 105 Å². The zero-order chi connectivity index (χ0) is 69.2. The molecule has 17 aromatic rings. The summed E-state index contributed by atoms with van der Waals surface area (Å²) in [5.41, 5.74) is 32.4. The zero-order valence-electron chi connectivity index (χ0n) is 58.4. The molecule has 0 amide bonds. The molecule has 5 heteroatoms. The predicted molar refractivity (Wildman–Crippen MR) is 443 cm³/mol. The van der Waals surface area contributed by atoms with Gasteiger partial charge in [0.05, 0.1) is 5.69 Å². The Labute approximate surface area is 611 Å². The van der Waals surface area contributed by atoms with E-state index >= 15 is 0 Å². The molecule has 0 atom stereocenters. The Kier molecular flexibility index (Phi) is 15.0. The van der Waals surface area contributed by atoms with E-state index in [9.17, 15) is 0 Å². The van der Waals surface area contributed by atoms with Crippen molar-refractivity contribution < 1.29 is 4.42 Å². The lowest BCUT2D eigenvalue weighted by Crippen LogP contribution is -2.60. The molecule has 4 heterocycles. The summed E-state index contributed by atoms with van der Waals surface area (Å²) in [7, 11) is 0. The Morgan fingerprint density at radius 3 is 1.31 bits per heavy atom. The van der Waals surface area contributed by atoms with Crippen molar-refractivity contribution in [3.8, 4) is 100 Å². The molecule has 0 N–H and O–H groups in total. The standard InChI is InChI=1S/C98H72BNOS2/c1-97(2,3)75-53-70(63-30-15-9-16-31-63)51-72(55-75)65-45-47-90-84(57-65)99-83-46-44-66(69-49-67(61-26-11-7-12-27-61)48-68(50-69)62-28-13-8-14-29-62)58-85(83)100(86-59-74(60-92(103-90)95(86)99)73-52-71(64-32-17-10-18-33-64)54-76(56-73)98(4,5)6)96-79(77-36-24-41-88-93(77)81-34-19-21-40-87(81)101-88)38-23-39-80(96)78-37-25-43-91-94(78)82-35-20-22-42-89(82)102-91/h7-60H,1-6H3. The highest BCUT2D eigenvalue weighted by atomic mass is 32.2. The van der Waals surface area contributed by atoms with E-state index in [4.69, 9.17) is 4.42 Å². The van der Waals surface area contributed by atoms with Crippen LogP contribution in [0.15, 0.2) is 342 Å². The molecule has 0 bridgehead atoms. The van der Waals surface area contributed by atoms with E-state index in [2.05, 4.69) is 374 Å². The van der Waals surface area contributed by atoms with Crippen LogP contribution in [0.25, 0.3) is 142 Å². The molecule has 0 spiro atoms. The van der Waals surface area contributed by atoms with Crippen LogP contribution in [0, 0.1) is 0 Å². The first-order valence-corrected chi connectivity index (χ1v) is 37.5. The predicted octanol–water partition coefficient (Wildman–Crippen LogP) is 26.3. The Morgan fingerprint density at radius 2 is 0.718 bits per heavy atom. The van der Waals surface area contributed by atoms with Crippen LogP contribution in [0.4, 0.5) is 17.1 Å². The molecule has 15 aromatic carbocycles. The van der Waals surface area contributed by atoms with Crippen LogP contribution in [0.2, 0.25) is 0 Å². The van der Waals surface area contributed by atoms with E-state index in [-0.39, 0.29) is 17.5 Å². The number of furan rings is 1. The highest BCUT2D eigenvalue weighted by Gasteiger charge is 2.43. The van der Waals surface area contributed by atoms with E-state index in [1.807, 2.05) is 23.1 Å². The minimum atomic E-state index is -0.174. The number of hydrogen-bond donors (Lipinski definition) is 0. The first-order chi connectivity index (χ1) is 50.3. The number of benzene rings is 15. The summed E-state index contributed by atoms with van der Waals surface area (Å²) in [5.74, 6) is 0. The summed E-state index contributed by atoms with van der Waals surface area (Å²) in [6.45, 7) is 13.9. The molecular formula is C98H72BNOS2. The molecule has 0 saturated carbocycles. The lowest BCUT2D eigenvalue weighted by molar-refractivity contribution is 0.590. The minimum absolute atomic E-state index is 0.0945. The summed E-state index contributed by atoms with van der Waals surface area (Å²) in [5, 5.41) is 4.70. The Morgan fingerprint density at radius 1 is 0.291 bits per heavy atom. The second kappa shape index (κ2) is 24.7. The first kappa shape index (κ1) is 62.5. The monoisotopic (exact) mass is 1350 g/mol. The molecular weight excluding hydrogens is 1280 g/mol. The van der Waals surface area contributed by atoms with E-state index in [0.717, 1.165) is 72.4 Å². The number of hydrogen-bond acceptors (Lipinski definition) is 4. The fraction of sp³-hybridized carbons (Fsp3) is 0.0816. The third-order valence-corrected chi connectivity index (χ3v) is 23.7. The van der Waals surface area contributed by atoms with Gasteiger partial charge in [0.1, 0.15) is 11.2 Å². The van der Waals surface area contributed by atoms with Crippen molar-refractivity contribution in [1.29, 1.82) is 0 Å². The summed E-state index contributed by atoms with van der Waals surface area (Å²) in [4.78, 5) is 5.24. The maximum atomic E-state index is 6.87. The number of nitrogens with zero attached hydrogens (tertiary/aromatic N) is 1. The van der Waals surface area contributed by atoms with Gasteiger partial charge in [-0.2, -0.15) is 0 Å². The molecule has 0 aliphatic carbocycles. The van der Waals surface area contributed by atoms with Crippen molar-refractivity contribution in [3.63, 3.8) is 0 Å². The van der Waals surface area contributed by atoms with E-state index in [0.29, 0.717) is 0 Å². The number of thiophene rings is 1. The molecule has 2 aliphatic heterocycles. The normalized spacial score (nSPS) is 12.7. The van der Waals surface area contributed by atoms with Gasteiger partial charge in [-0.05, 0) is 201 Å². The average Bonchev–Trinajstić information content (AvgIpc) is 1.10. The van der Waals surface area contributed by atoms with Gasteiger partial charge in [0.2, 0.25) is 6.71 Å². The van der Waals surface area contributed by atoms with Crippen molar-refractivity contribution in [2.45, 2.75) is 62.2 Å². The van der Waals surface area contributed by atoms with Gasteiger partial charge in [-0.1, -0.05) is 307 Å². The highest BCUT2D eigenvalue weighted by Crippen LogP contribution is 2.55. The second-order valence-corrected chi connectivity index (χ2v) is 32.1. The molecule has 490 valence electrons. The summed E-state index contributed by atoms with van der Waals surface area (Å²) >= 11 is 3.80. The largest absolute Gasteiger partial charge is 0.456 e. The molecule has 2 aromatic heterocycles. The van der Waals surface area contributed by atoms with Gasteiger partial charge in [0.25, 0.3) is 0 Å². The van der Waals surface area contributed by atoms with Crippen LogP contribution >= 0.6 is 23.1 Å². The highest BCUT2D eigenvalue weighted by molar-refractivity contribution is 8.00. The quantitative estimate of drug-likeness (QED) is 0.127. The Hall–Kier alpha value is -11.5. The number of para-hydroxylation sites is 2. The van der Waals surface area contributed by atoms with Crippen LogP contribution in [0.1, 0.15) is 52.7 Å². The van der Waals surface area contributed by atoms with Gasteiger partial charge in [-0.15, -0.1) is 11.3 Å². The molecule has 2 aliphatic rings. The maximum Gasteiger partial charge on any atom is 0.249 e. The van der Waals surface area contributed by atoms with Gasteiger partial charge in [0.15, 0.2) is 0 Å². The third kappa shape index (κ3) is 11.0. The second-order valence-electron chi connectivity index (χ2n) is 29.9. The van der Waals surface area contributed by atoms with Gasteiger partial charge < -0.3 is 9.32 Å². The maximum absolute atomic E-state index is 6.87. The van der Waals surface area contributed by atoms with E-state index in [1.54, 1.807) is 0 Å². The summed E-state index contributed by atoms with van der Waals surface area (Å²) < 4.78 is 9.40. The fourth-order valence-electron chi connectivity index (χ4n) is 16.2. The SMILES string of the molecule is CC(C)(C)c1cc(-c2ccccc2)cc(-c2ccc3c(c2)B2c4ccc(-c5cc(-c6ccccc6)cc(-c6ccccc6)c5)cc4N(c4c(-c5cccc6oc7ccccc7c56)cccc4-c4cccc5sc6ccccc6c45)c4cc(-c5cc(-c6ccccc6)cc(C(C)(C)C)c5)cc(c42)S3)c1. The zero-order valence-corrected chi connectivity index (χ0v) is 60.1. The van der Waals surface area contributed by atoms with Crippen LogP contribution in [-0.4, -0.2) is 6.71 Å². The molecule has 103 heavy (non-hydrogen) atoms. The molecule has 19 rings (SSSR count). The molecule has 2 nitrogen and oxygen atoms in total. The van der Waals surface area contributed by atoms with Gasteiger partial charge in [-0.25, -0.2) is 0 Å². The fourth-order valence-corrected chi connectivity index (χ4v) is 18.5. The van der Waals surface area contributed by atoms with E-state index in [1.165, 1.54) is 124 Å². The van der Waals surface area contributed by atoms with Crippen molar-refractivity contribution in [2.24, 2.45) is 0 Å². The topological polar surface area (TPSA) is 16.4 Å². The van der Waals surface area contributed by atoms with Crippen molar-refractivity contribution in [2.75, 3.05) is 4.90 Å². The average molecular weight is 1350 g/mol. The van der Waals surface area contributed by atoms with Crippen LogP contribution in [0.3, 0.4) is 0 Å². The van der Waals surface area contributed by atoms with Crippen molar-refractivity contribution in [3.05, 3.63) is 339 Å². The molecule has 0 saturated heterocycles. The van der Waals surface area contributed by atoms with Crippen LogP contribution in [0.5, 0.6) is 0 Å². The van der Waals surface area contributed by atoms with Gasteiger partial charge in [-0.3, -0.25) is 0 Å². The number of rotatable bonds is 10. The smallest absolute Gasteiger partial charge is 0.249 e. The lowest BCUT2D eigenvalue weighted by atomic mass is 9.34. The molecule has 0 fully saturated rings. The Balaban J connectivity index is 0.954. The Bertz CT molecular complexity index is 6040.